The number of carboxylic acids is 2. The van der Waals surface area contributed by atoms with Gasteiger partial charge in [-0.1, -0.05) is 0 Å². The summed E-state index contributed by atoms with van der Waals surface area (Å²) in [7, 11) is 0. The highest BCUT2D eigenvalue weighted by Gasteiger charge is 2.08. The Hall–Kier alpha value is -2.08. The van der Waals surface area contributed by atoms with Crippen LogP contribution in [0.2, 0.25) is 0 Å². The minimum Gasteiger partial charge on any atom is -0.508 e. The third-order valence-electron chi connectivity index (χ3n) is 1.81. The van der Waals surface area contributed by atoms with E-state index in [-0.39, 0.29) is 23.5 Å². The molecule has 6 heteroatoms. The summed E-state index contributed by atoms with van der Waals surface area (Å²) in [6.07, 6.45) is 0. The van der Waals surface area contributed by atoms with Crippen LogP contribution >= 0.6 is 0 Å². The number of aromatic carboxylic acids is 1. The SMILES string of the molecule is O=C(O)COCc1cc(C(=O)O)ccc1O. The molecule has 1 rings (SSSR count). The van der Waals surface area contributed by atoms with E-state index in [1.165, 1.54) is 18.2 Å². The van der Waals surface area contributed by atoms with E-state index < -0.39 is 18.5 Å². The fourth-order valence-corrected chi connectivity index (χ4v) is 1.08. The van der Waals surface area contributed by atoms with Gasteiger partial charge in [-0.25, -0.2) is 9.59 Å². The molecule has 0 saturated carbocycles. The normalized spacial score (nSPS) is 10.0. The van der Waals surface area contributed by atoms with Crippen LogP contribution in [0.5, 0.6) is 5.75 Å². The van der Waals surface area contributed by atoms with Gasteiger partial charge in [0.25, 0.3) is 0 Å². The van der Waals surface area contributed by atoms with Gasteiger partial charge in [-0.3, -0.25) is 0 Å². The predicted molar refractivity (Wildman–Crippen MR) is 52.4 cm³/mol. The van der Waals surface area contributed by atoms with Crippen molar-refractivity contribution in [3.8, 4) is 5.75 Å². The maximum atomic E-state index is 10.6. The minimum absolute atomic E-state index is 0.00623. The number of phenols is 1. The van der Waals surface area contributed by atoms with Gasteiger partial charge in [-0.15, -0.1) is 0 Å². The maximum absolute atomic E-state index is 10.6. The van der Waals surface area contributed by atoms with Crippen LogP contribution in [0.25, 0.3) is 0 Å². The Labute approximate surface area is 90.7 Å². The Morgan fingerprint density at radius 1 is 1.25 bits per heavy atom. The second kappa shape index (κ2) is 5.13. The Morgan fingerprint density at radius 3 is 2.50 bits per heavy atom. The quantitative estimate of drug-likeness (QED) is 0.682. The molecule has 0 amide bonds. The second-order valence-corrected chi connectivity index (χ2v) is 3.04. The lowest BCUT2D eigenvalue weighted by Crippen LogP contribution is -2.07. The number of hydrogen-bond donors (Lipinski definition) is 3. The standard InChI is InChI=1S/C10H10O6/c11-8-2-1-6(10(14)15)3-7(8)4-16-5-9(12)13/h1-3,11H,4-5H2,(H,12,13)(H,14,15). The molecule has 0 fully saturated rings. The Morgan fingerprint density at radius 2 is 1.94 bits per heavy atom. The summed E-state index contributed by atoms with van der Waals surface area (Å²) < 4.78 is 4.74. The summed E-state index contributed by atoms with van der Waals surface area (Å²) in [4.78, 5) is 20.8. The summed E-state index contributed by atoms with van der Waals surface area (Å²) in [6.45, 7) is -0.657. The summed E-state index contributed by atoms with van der Waals surface area (Å²) in [5, 5.41) is 26.4. The van der Waals surface area contributed by atoms with Crippen molar-refractivity contribution in [3.63, 3.8) is 0 Å². The number of benzene rings is 1. The zero-order valence-electron chi connectivity index (χ0n) is 8.21. The molecule has 86 valence electrons. The first-order valence-corrected chi connectivity index (χ1v) is 4.35. The van der Waals surface area contributed by atoms with Gasteiger partial charge >= 0.3 is 11.9 Å². The van der Waals surface area contributed by atoms with Crippen LogP contribution in [0.15, 0.2) is 18.2 Å². The van der Waals surface area contributed by atoms with Crippen LogP contribution in [-0.2, 0) is 16.1 Å². The van der Waals surface area contributed by atoms with Crippen LogP contribution in [-0.4, -0.2) is 33.9 Å². The van der Waals surface area contributed by atoms with Crippen LogP contribution in [0.3, 0.4) is 0 Å². The number of ether oxygens (including phenoxy) is 1. The Bertz CT molecular complexity index is 412. The number of phenolic OH excluding ortho intramolecular Hbond substituents is 1. The summed E-state index contributed by atoms with van der Waals surface area (Å²) in [6, 6.07) is 3.71. The summed E-state index contributed by atoms with van der Waals surface area (Å²) in [5.41, 5.74) is 0.243. The van der Waals surface area contributed by atoms with E-state index in [9.17, 15) is 14.7 Å². The van der Waals surface area contributed by atoms with Crippen LogP contribution in [0.4, 0.5) is 0 Å². The zero-order valence-corrected chi connectivity index (χ0v) is 8.21. The van der Waals surface area contributed by atoms with E-state index in [1.807, 2.05) is 0 Å². The van der Waals surface area contributed by atoms with Crippen molar-refractivity contribution in [3.05, 3.63) is 29.3 Å². The third-order valence-corrected chi connectivity index (χ3v) is 1.81. The van der Waals surface area contributed by atoms with Crippen molar-refractivity contribution in [2.75, 3.05) is 6.61 Å². The van der Waals surface area contributed by atoms with Gasteiger partial charge in [0.2, 0.25) is 0 Å². The summed E-state index contributed by atoms with van der Waals surface area (Å²) in [5.74, 6) is -2.39. The lowest BCUT2D eigenvalue weighted by molar-refractivity contribution is -0.142. The van der Waals surface area contributed by atoms with E-state index >= 15 is 0 Å². The molecule has 0 aromatic heterocycles. The fourth-order valence-electron chi connectivity index (χ4n) is 1.08. The van der Waals surface area contributed by atoms with E-state index in [4.69, 9.17) is 14.9 Å². The first-order valence-electron chi connectivity index (χ1n) is 4.35. The average Bonchev–Trinajstić information content (AvgIpc) is 2.20. The van der Waals surface area contributed by atoms with Gasteiger partial charge in [0.15, 0.2) is 0 Å². The minimum atomic E-state index is -1.13. The van der Waals surface area contributed by atoms with Crippen molar-refractivity contribution in [1.82, 2.24) is 0 Å². The molecule has 0 aliphatic carbocycles. The number of hydrogen-bond acceptors (Lipinski definition) is 4. The Kier molecular flexibility index (Phi) is 3.84. The van der Waals surface area contributed by atoms with Crippen LogP contribution in [0, 0.1) is 0 Å². The van der Waals surface area contributed by atoms with Gasteiger partial charge in [0, 0.05) is 5.56 Å². The van der Waals surface area contributed by atoms with Crippen molar-refractivity contribution in [2.24, 2.45) is 0 Å². The van der Waals surface area contributed by atoms with Gasteiger partial charge in [-0.05, 0) is 18.2 Å². The highest BCUT2D eigenvalue weighted by molar-refractivity contribution is 5.88. The van der Waals surface area contributed by atoms with E-state index in [2.05, 4.69) is 0 Å². The predicted octanol–water partition coefficient (Wildman–Crippen LogP) is 0.692. The smallest absolute Gasteiger partial charge is 0.335 e. The van der Waals surface area contributed by atoms with Crippen molar-refractivity contribution in [2.45, 2.75) is 6.61 Å². The van der Waals surface area contributed by atoms with E-state index in [1.54, 1.807) is 0 Å². The molecule has 0 heterocycles. The molecule has 16 heavy (non-hydrogen) atoms. The third kappa shape index (κ3) is 3.25. The van der Waals surface area contributed by atoms with Gasteiger partial charge in [0.05, 0.1) is 12.2 Å². The van der Waals surface area contributed by atoms with Gasteiger partial charge in [0.1, 0.15) is 12.4 Å². The van der Waals surface area contributed by atoms with E-state index in [0.29, 0.717) is 0 Å². The largest absolute Gasteiger partial charge is 0.508 e. The molecular formula is C10H10O6. The highest BCUT2D eigenvalue weighted by atomic mass is 16.5. The molecule has 0 saturated heterocycles. The monoisotopic (exact) mass is 226 g/mol. The molecule has 0 atom stereocenters. The van der Waals surface area contributed by atoms with Crippen molar-refractivity contribution in [1.29, 1.82) is 0 Å². The maximum Gasteiger partial charge on any atom is 0.335 e. The van der Waals surface area contributed by atoms with Crippen molar-refractivity contribution >= 4 is 11.9 Å². The average molecular weight is 226 g/mol. The Balaban J connectivity index is 2.74. The zero-order chi connectivity index (χ0) is 12.1. The lowest BCUT2D eigenvalue weighted by Gasteiger charge is -2.05. The van der Waals surface area contributed by atoms with Crippen molar-refractivity contribution < 1.29 is 29.6 Å². The fraction of sp³-hybridized carbons (Fsp3) is 0.200. The molecule has 1 aromatic rings. The van der Waals surface area contributed by atoms with Crippen LogP contribution < -0.4 is 0 Å². The first-order chi connectivity index (χ1) is 7.50. The molecule has 0 aliphatic heterocycles. The number of carboxylic acid groups (broad SMARTS) is 2. The van der Waals surface area contributed by atoms with Gasteiger partial charge in [-0.2, -0.15) is 0 Å². The molecule has 3 N–H and O–H groups in total. The number of aliphatic carboxylic acids is 1. The summed E-state index contributed by atoms with van der Waals surface area (Å²) >= 11 is 0. The second-order valence-electron chi connectivity index (χ2n) is 3.04. The topological polar surface area (TPSA) is 104 Å². The molecule has 0 bridgehead atoms. The molecule has 0 unspecified atom stereocenters. The molecular weight excluding hydrogens is 216 g/mol. The molecule has 0 radical (unpaired) electrons. The molecule has 0 aliphatic rings. The molecule has 0 spiro atoms. The van der Waals surface area contributed by atoms with E-state index in [0.717, 1.165) is 0 Å². The number of aromatic hydroxyl groups is 1. The highest BCUT2D eigenvalue weighted by Crippen LogP contribution is 2.19. The van der Waals surface area contributed by atoms with Crippen LogP contribution in [0.1, 0.15) is 15.9 Å². The number of carbonyl (C=O) groups is 2. The lowest BCUT2D eigenvalue weighted by atomic mass is 10.1. The first kappa shape index (κ1) is 12.0. The molecule has 1 aromatic carbocycles. The number of rotatable bonds is 5. The van der Waals surface area contributed by atoms with Gasteiger partial charge < -0.3 is 20.1 Å². The molecule has 6 nitrogen and oxygen atoms in total.